The maximum atomic E-state index is 14.8. The average molecular weight is 905 g/mol. The van der Waals surface area contributed by atoms with Crippen LogP contribution in [-0.4, -0.2) is 99.4 Å². The number of hydrogen-bond donors (Lipinski definition) is 0. The van der Waals surface area contributed by atoms with Crippen LogP contribution in [0.15, 0.2) is 0 Å². The number of rotatable bonds is 33. The Kier molecular flexibility index (Phi) is 26.7. The van der Waals surface area contributed by atoms with Crippen LogP contribution in [0.4, 0.5) is 0 Å². The highest BCUT2D eigenvalue weighted by atomic mass is 16.6. The highest BCUT2D eigenvalue weighted by Crippen LogP contribution is 2.45. The third-order valence-electron chi connectivity index (χ3n) is 13.9. The minimum atomic E-state index is -1.30. The van der Waals surface area contributed by atoms with E-state index in [0.717, 1.165) is 38.5 Å². The third-order valence-corrected chi connectivity index (χ3v) is 13.9. The van der Waals surface area contributed by atoms with Crippen LogP contribution < -0.4 is 0 Å². The first-order chi connectivity index (χ1) is 30.2. The van der Waals surface area contributed by atoms with Crippen LogP contribution in [0.2, 0.25) is 0 Å². The van der Waals surface area contributed by atoms with Crippen molar-refractivity contribution in [1.82, 2.24) is 9.80 Å². The fourth-order valence-electron chi connectivity index (χ4n) is 11.5. The molecule has 0 amide bonds. The van der Waals surface area contributed by atoms with Crippen LogP contribution in [0, 0.1) is 33.5 Å². The van der Waals surface area contributed by atoms with Crippen molar-refractivity contribution in [3.8, 4) is 0 Å². The molecule has 0 spiro atoms. The van der Waals surface area contributed by atoms with Crippen molar-refractivity contribution in [1.29, 1.82) is 0 Å². The lowest BCUT2D eigenvalue weighted by Crippen LogP contribution is -2.59. The van der Waals surface area contributed by atoms with Gasteiger partial charge in [-0.15, -0.1) is 0 Å². The average Bonchev–Trinajstić information content (AvgIpc) is 3.18. The number of carbonyl (C=O) groups excluding carboxylic acids is 4. The van der Waals surface area contributed by atoms with Crippen LogP contribution in [-0.2, 0) is 38.1 Å². The van der Waals surface area contributed by atoms with Crippen molar-refractivity contribution in [2.24, 2.45) is 33.5 Å². The molecule has 2 saturated heterocycles. The second-order valence-corrected chi connectivity index (χ2v) is 23.1. The summed E-state index contributed by atoms with van der Waals surface area (Å²) in [5, 5.41) is 0. The lowest BCUT2D eigenvalue weighted by Gasteiger charge is -2.52. The summed E-state index contributed by atoms with van der Waals surface area (Å²) in [4.78, 5) is 61.5. The van der Waals surface area contributed by atoms with E-state index >= 15 is 0 Å². The van der Waals surface area contributed by atoms with Crippen LogP contribution in [0.1, 0.15) is 223 Å². The van der Waals surface area contributed by atoms with Crippen molar-refractivity contribution in [3.05, 3.63) is 0 Å². The summed E-state index contributed by atoms with van der Waals surface area (Å²) in [6.07, 6.45) is 24.1. The highest BCUT2D eigenvalue weighted by Gasteiger charge is 2.53. The van der Waals surface area contributed by atoms with Gasteiger partial charge in [-0.2, -0.15) is 0 Å². The molecule has 2 fully saturated rings. The Morgan fingerprint density at radius 2 is 0.656 bits per heavy atom. The second kappa shape index (κ2) is 29.5. The first-order valence-electron chi connectivity index (χ1n) is 26.3. The number of hydrogen-bond acceptors (Lipinski definition) is 10. The molecule has 64 heavy (non-hydrogen) atoms. The van der Waals surface area contributed by atoms with E-state index in [0.29, 0.717) is 26.2 Å². The van der Waals surface area contributed by atoms with Crippen molar-refractivity contribution >= 4 is 23.9 Å². The molecule has 0 aromatic heterocycles. The topological polar surface area (TPSA) is 112 Å². The zero-order valence-corrected chi connectivity index (χ0v) is 43.7. The van der Waals surface area contributed by atoms with Crippen LogP contribution in [0.5, 0.6) is 0 Å². The predicted molar refractivity (Wildman–Crippen MR) is 261 cm³/mol. The summed E-state index contributed by atoms with van der Waals surface area (Å²) in [6, 6.07) is 0. The predicted octanol–water partition coefficient (Wildman–Crippen LogP) is 12.5. The summed E-state index contributed by atoms with van der Waals surface area (Å²) < 4.78 is 24.5. The van der Waals surface area contributed by atoms with Crippen molar-refractivity contribution in [2.45, 2.75) is 236 Å². The molecule has 0 bridgehead atoms. The smallest absolute Gasteiger partial charge is 0.310 e. The van der Waals surface area contributed by atoms with Gasteiger partial charge in [-0.25, -0.2) is 0 Å². The van der Waals surface area contributed by atoms with Crippen molar-refractivity contribution in [3.63, 3.8) is 0 Å². The standard InChI is InChI=1S/C54H100N2O8/c1-13-15-17-19-21-23-25-27-29-31-33-35-61-45(57)37-43(47(59)63-49-51(3,4)39-55(11)40-52(49,5)6)44(48(60)64-50-53(7,8)41-56(12)42-54(50,9)10)38-46(58)62-36-34-32-30-28-26-24-22-20-18-16-14-2/h43-44,49-50H,13-42H2,1-12H3. The van der Waals surface area contributed by atoms with Gasteiger partial charge in [0.2, 0.25) is 0 Å². The largest absolute Gasteiger partial charge is 0.466 e. The molecule has 10 heteroatoms. The van der Waals surface area contributed by atoms with Gasteiger partial charge in [0.1, 0.15) is 12.2 Å². The van der Waals surface area contributed by atoms with E-state index in [1.807, 2.05) is 0 Å². The van der Waals surface area contributed by atoms with Gasteiger partial charge in [0.25, 0.3) is 0 Å². The molecule has 2 aliphatic heterocycles. The zero-order valence-electron chi connectivity index (χ0n) is 43.7. The number of carbonyl (C=O) groups is 4. The maximum Gasteiger partial charge on any atom is 0.310 e. The summed E-state index contributed by atoms with van der Waals surface area (Å²) in [5.74, 6) is -5.11. The second-order valence-electron chi connectivity index (χ2n) is 23.1. The highest BCUT2D eigenvalue weighted by molar-refractivity contribution is 5.88. The Morgan fingerprint density at radius 1 is 0.422 bits per heavy atom. The van der Waals surface area contributed by atoms with Crippen molar-refractivity contribution < 1.29 is 38.1 Å². The number of unbranched alkanes of at least 4 members (excludes halogenated alkanes) is 20. The molecule has 0 radical (unpaired) electrons. The van der Waals surface area contributed by atoms with Gasteiger partial charge in [-0.1, -0.05) is 198 Å². The van der Waals surface area contributed by atoms with Crippen LogP contribution >= 0.6 is 0 Å². The molecule has 0 N–H and O–H groups in total. The Bertz CT molecular complexity index is 1210. The number of esters is 4. The molecular weight excluding hydrogens is 805 g/mol. The minimum absolute atomic E-state index is 0.237. The molecule has 2 rings (SSSR count). The fourth-order valence-corrected chi connectivity index (χ4v) is 11.5. The molecule has 374 valence electrons. The van der Waals surface area contributed by atoms with Gasteiger partial charge in [0.15, 0.2) is 0 Å². The van der Waals surface area contributed by atoms with E-state index in [1.54, 1.807) is 0 Å². The normalized spacial score (nSPS) is 19.8. The molecule has 2 aliphatic rings. The fraction of sp³-hybridized carbons (Fsp3) is 0.926. The number of likely N-dealkylation sites (tertiary alicyclic amines) is 2. The van der Waals surface area contributed by atoms with Gasteiger partial charge in [-0.3, -0.25) is 19.2 Å². The molecular formula is C54H100N2O8. The minimum Gasteiger partial charge on any atom is -0.466 e. The summed E-state index contributed by atoms with van der Waals surface area (Å²) in [5.41, 5.74) is -1.67. The monoisotopic (exact) mass is 905 g/mol. The summed E-state index contributed by atoms with van der Waals surface area (Å²) >= 11 is 0. The SMILES string of the molecule is CCCCCCCCCCCCCOC(=O)CC(C(=O)OC1C(C)(C)CN(C)CC1(C)C)C(CC(=O)OCCCCCCCCCCCCC)C(=O)OC1C(C)(C)CN(C)CC1(C)C. The molecule has 0 saturated carbocycles. The first kappa shape index (κ1) is 57.9. The lowest BCUT2D eigenvalue weighted by atomic mass is 9.68. The van der Waals surface area contributed by atoms with Crippen LogP contribution in [0.3, 0.4) is 0 Å². The van der Waals surface area contributed by atoms with Gasteiger partial charge < -0.3 is 28.7 Å². The molecule has 0 aliphatic carbocycles. The Hall–Kier alpha value is -2.20. The summed E-state index contributed by atoms with van der Waals surface area (Å²) in [7, 11) is 4.13. The third kappa shape index (κ3) is 21.6. The molecule has 0 aromatic rings. The van der Waals surface area contributed by atoms with Crippen LogP contribution in [0.25, 0.3) is 0 Å². The number of nitrogens with zero attached hydrogens (tertiary/aromatic N) is 2. The van der Waals surface area contributed by atoms with Gasteiger partial charge in [-0.05, 0) is 26.9 Å². The van der Waals surface area contributed by atoms with E-state index in [4.69, 9.17) is 18.9 Å². The Morgan fingerprint density at radius 3 is 0.906 bits per heavy atom. The quantitative estimate of drug-likeness (QED) is 0.0358. The Labute approximate surface area is 393 Å². The zero-order chi connectivity index (χ0) is 47.8. The van der Waals surface area contributed by atoms with Gasteiger partial charge >= 0.3 is 23.9 Å². The Balaban J connectivity index is 2.25. The van der Waals surface area contributed by atoms with Crippen molar-refractivity contribution in [2.75, 3.05) is 53.5 Å². The van der Waals surface area contributed by atoms with E-state index < -0.39 is 82.4 Å². The molecule has 0 aromatic carbocycles. The maximum absolute atomic E-state index is 14.8. The van der Waals surface area contributed by atoms with E-state index in [-0.39, 0.29) is 13.2 Å². The van der Waals surface area contributed by atoms with E-state index in [2.05, 4.69) is 93.1 Å². The number of ether oxygens (including phenoxy) is 4. The number of piperidine rings is 2. The van der Waals surface area contributed by atoms with Gasteiger partial charge in [0, 0.05) is 47.8 Å². The molecule has 2 heterocycles. The molecule has 2 atom stereocenters. The van der Waals surface area contributed by atoms with E-state index in [1.165, 1.54) is 103 Å². The first-order valence-corrected chi connectivity index (χ1v) is 26.3. The molecule has 2 unspecified atom stereocenters. The van der Waals surface area contributed by atoms with E-state index in [9.17, 15) is 19.2 Å². The molecule has 10 nitrogen and oxygen atoms in total. The lowest BCUT2D eigenvalue weighted by molar-refractivity contribution is -0.194. The summed E-state index contributed by atoms with van der Waals surface area (Å²) in [6.45, 7) is 24.5. The van der Waals surface area contributed by atoms with Gasteiger partial charge in [0.05, 0.1) is 37.9 Å².